The van der Waals surface area contributed by atoms with E-state index < -0.39 is 0 Å². The molecule has 7 rings (SSSR count). The highest BCUT2D eigenvalue weighted by Gasteiger charge is 2.38. The first-order valence-electron chi connectivity index (χ1n) is 12.7. The second kappa shape index (κ2) is 7.56. The number of rotatable bonds is 3. The Kier molecular flexibility index (Phi) is 4.47. The standard InChI is InChI=1S/C32H25N3O2/c1-16(2)19-6-5-7-20(17(3)4)30(19)35-31(36)23-10-8-21-26-22(9-11-24(27(23)26)32(35)37)29-25-18(13-15-34-29)12-14-33-28(21)25/h5-17H,1-4H3. The second-order valence-corrected chi connectivity index (χ2v) is 10.5. The highest BCUT2D eigenvalue weighted by Crippen LogP contribution is 2.45. The zero-order valence-electron chi connectivity index (χ0n) is 21.2. The summed E-state index contributed by atoms with van der Waals surface area (Å²) in [5.41, 5.74) is 5.47. The molecule has 0 aliphatic carbocycles. The van der Waals surface area contributed by atoms with E-state index in [1.54, 1.807) is 12.4 Å². The lowest BCUT2D eigenvalue weighted by atomic mass is 9.85. The lowest BCUT2D eigenvalue weighted by molar-refractivity contribution is 0.0893. The monoisotopic (exact) mass is 483 g/mol. The van der Waals surface area contributed by atoms with Gasteiger partial charge in [-0.2, -0.15) is 0 Å². The molecule has 2 amide bonds. The molecule has 3 heterocycles. The van der Waals surface area contributed by atoms with Gasteiger partial charge in [-0.3, -0.25) is 19.6 Å². The Morgan fingerprint density at radius 3 is 1.62 bits per heavy atom. The average molecular weight is 484 g/mol. The molecule has 0 fully saturated rings. The number of benzene rings is 4. The van der Waals surface area contributed by atoms with E-state index in [0.29, 0.717) is 16.5 Å². The molecule has 0 saturated carbocycles. The van der Waals surface area contributed by atoms with Crippen molar-refractivity contribution in [2.75, 3.05) is 4.90 Å². The van der Waals surface area contributed by atoms with E-state index >= 15 is 0 Å². The van der Waals surface area contributed by atoms with Crippen LogP contribution in [-0.2, 0) is 0 Å². The summed E-state index contributed by atoms with van der Waals surface area (Å²) in [5.74, 6) is -0.260. The molecule has 0 radical (unpaired) electrons. The largest absolute Gasteiger partial charge is 0.268 e. The van der Waals surface area contributed by atoms with E-state index in [-0.39, 0.29) is 23.7 Å². The Morgan fingerprint density at radius 2 is 1.14 bits per heavy atom. The highest BCUT2D eigenvalue weighted by atomic mass is 16.2. The number of anilines is 1. The molecule has 2 aromatic heterocycles. The van der Waals surface area contributed by atoms with Crippen molar-refractivity contribution in [3.63, 3.8) is 0 Å². The van der Waals surface area contributed by atoms with Gasteiger partial charge in [0.05, 0.1) is 16.7 Å². The second-order valence-electron chi connectivity index (χ2n) is 10.5. The summed E-state index contributed by atoms with van der Waals surface area (Å²) in [6.45, 7) is 8.39. The molecule has 1 aliphatic rings. The number of fused-ring (bicyclic) bond motifs is 2. The van der Waals surface area contributed by atoms with Crippen LogP contribution in [0.4, 0.5) is 5.69 Å². The predicted molar refractivity (Wildman–Crippen MR) is 149 cm³/mol. The van der Waals surface area contributed by atoms with Crippen molar-refractivity contribution in [2.45, 2.75) is 39.5 Å². The van der Waals surface area contributed by atoms with Crippen LogP contribution in [0.3, 0.4) is 0 Å². The number of hydrogen-bond donors (Lipinski definition) is 0. The van der Waals surface area contributed by atoms with E-state index in [0.717, 1.165) is 54.8 Å². The van der Waals surface area contributed by atoms with Gasteiger partial charge in [0.15, 0.2) is 0 Å². The van der Waals surface area contributed by atoms with Gasteiger partial charge in [0, 0.05) is 50.5 Å². The molecular formula is C32H25N3O2. The van der Waals surface area contributed by atoms with Crippen molar-refractivity contribution < 1.29 is 9.59 Å². The SMILES string of the molecule is CC(C)c1cccc(C(C)C)c1N1C(=O)c2ccc3c4nccc5ccnc(c6ccc(c2c36)C1=O)c54. The lowest BCUT2D eigenvalue weighted by Crippen LogP contribution is -2.41. The van der Waals surface area contributed by atoms with Crippen molar-refractivity contribution in [2.24, 2.45) is 0 Å². The quantitative estimate of drug-likeness (QED) is 0.148. The third-order valence-electron chi connectivity index (χ3n) is 7.78. The predicted octanol–water partition coefficient (Wildman–Crippen LogP) is 7.57. The zero-order chi connectivity index (χ0) is 25.6. The zero-order valence-corrected chi connectivity index (χ0v) is 21.2. The van der Waals surface area contributed by atoms with Gasteiger partial charge in [0.2, 0.25) is 0 Å². The van der Waals surface area contributed by atoms with E-state index in [1.165, 1.54) is 4.90 Å². The van der Waals surface area contributed by atoms with Crippen LogP contribution in [-0.4, -0.2) is 21.8 Å². The number of aromatic nitrogens is 2. The molecule has 1 aliphatic heterocycles. The molecule has 0 saturated heterocycles. The lowest BCUT2D eigenvalue weighted by Gasteiger charge is -2.32. The fourth-order valence-electron chi connectivity index (χ4n) is 6.08. The molecule has 0 bridgehead atoms. The minimum atomic E-state index is -0.283. The van der Waals surface area contributed by atoms with Crippen LogP contribution in [0.2, 0.25) is 0 Å². The molecule has 180 valence electrons. The molecule has 37 heavy (non-hydrogen) atoms. The van der Waals surface area contributed by atoms with Crippen molar-refractivity contribution in [1.29, 1.82) is 0 Å². The number of para-hydroxylation sites is 1. The smallest absolute Gasteiger partial charge is 0.266 e. The average Bonchev–Trinajstić information content (AvgIpc) is 2.90. The van der Waals surface area contributed by atoms with Crippen LogP contribution in [0.25, 0.3) is 43.4 Å². The van der Waals surface area contributed by atoms with Crippen molar-refractivity contribution >= 4 is 60.9 Å². The van der Waals surface area contributed by atoms with Crippen LogP contribution >= 0.6 is 0 Å². The summed E-state index contributed by atoms with van der Waals surface area (Å²) >= 11 is 0. The number of pyridine rings is 2. The first-order valence-corrected chi connectivity index (χ1v) is 12.7. The molecule has 6 aromatic rings. The highest BCUT2D eigenvalue weighted by molar-refractivity contribution is 6.41. The van der Waals surface area contributed by atoms with E-state index in [9.17, 15) is 9.59 Å². The van der Waals surface area contributed by atoms with Gasteiger partial charge >= 0.3 is 0 Å². The number of carbonyl (C=O) groups is 2. The molecule has 5 heteroatoms. The van der Waals surface area contributed by atoms with Crippen molar-refractivity contribution in [3.8, 4) is 0 Å². The van der Waals surface area contributed by atoms with E-state index in [1.807, 2.05) is 54.6 Å². The summed E-state index contributed by atoms with van der Waals surface area (Å²) in [6, 6.07) is 17.7. The van der Waals surface area contributed by atoms with Gasteiger partial charge in [-0.15, -0.1) is 0 Å². The number of imide groups is 1. The number of amides is 2. The Bertz CT molecular complexity index is 1810. The van der Waals surface area contributed by atoms with Crippen molar-refractivity contribution in [3.05, 3.63) is 89.2 Å². The normalized spacial score (nSPS) is 13.9. The van der Waals surface area contributed by atoms with E-state index in [4.69, 9.17) is 9.97 Å². The topological polar surface area (TPSA) is 63.2 Å². The van der Waals surface area contributed by atoms with Gasteiger partial charge in [-0.25, -0.2) is 4.90 Å². The summed E-state index contributed by atoms with van der Waals surface area (Å²) in [6.07, 6.45) is 3.60. The van der Waals surface area contributed by atoms with Crippen LogP contribution in [0.5, 0.6) is 0 Å². The van der Waals surface area contributed by atoms with Gasteiger partial charge in [0.1, 0.15) is 0 Å². The third kappa shape index (κ3) is 2.80. The summed E-state index contributed by atoms with van der Waals surface area (Å²) < 4.78 is 0. The minimum absolute atomic E-state index is 0.153. The fourth-order valence-corrected chi connectivity index (χ4v) is 6.08. The summed E-state index contributed by atoms with van der Waals surface area (Å²) in [7, 11) is 0. The van der Waals surface area contributed by atoms with Crippen LogP contribution in [0, 0.1) is 0 Å². The molecule has 0 spiro atoms. The molecular weight excluding hydrogens is 458 g/mol. The number of hydrogen-bond acceptors (Lipinski definition) is 4. The van der Waals surface area contributed by atoms with Crippen LogP contribution in [0.15, 0.2) is 67.0 Å². The first kappa shape index (κ1) is 21.9. The number of nitrogens with zero attached hydrogens (tertiary/aromatic N) is 3. The number of carbonyl (C=O) groups excluding carboxylic acids is 2. The molecule has 4 aromatic carbocycles. The summed E-state index contributed by atoms with van der Waals surface area (Å²) in [5, 5.41) is 5.51. The Labute approximate surface area is 214 Å². The first-order chi connectivity index (χ1) is 17.9. The maximum atomic E-state index is 14.2. The molecule has 0 unspecified atom stereocenters. The van der Waals surface area contributed by atoms with Gasteiger partial charge < -0.3 is 0 Å². The van der Waals surface area contributed by atoms with Gasteiger partial charge in [0.25, 0.3) is 11.8 Å². The molecule has 0 N–H and O–H groups in total. The van der Waals surface area contributed by atoms with Gasteiger partial charge in [-0.05, 0) is 52.6 Å². The van der Waals surface area contributed by atoms with E-state index in [2.05, 4.69) is 27.7 Å². The minimum Gasteiger partial charge on any atom is -0.268 e. The third-order valence-corrected chi connectivity index (χ3v) is 7.78. The maximum absolute atomic E-state index is 14.2. The van der Waals surface area contributed by atoms with Crippen molar-refractivity contribution in [1.82, 2.24) is 9.97 Å². The fraction of sp³-hybridized carbons (Fsp3) is 0.188. The van der Waals surface area contributed by atoms with Crippen LogP contribution < -0.4 is 4.90 Å². The summed E-state index contributed by atoms with van der Waals surface area (Å²) in [4.78, 5) is 39.2. The Morgan fingerprint density at radius 1 is 0.622 bits per heavy atom. The maximum Gasteiger partial charge on any atom is 0.266 e. The van der Waals surface area contributed by atoms with Crippen LogP contribution in [0.1, 0.15) is 71.4 Å². The Hall–Kier alpha value is -4.38. The van der Waals surface area contributed by atoms with Gasteiger partial charge in [-0.1, -0.05) is 58.0 Å². The molecule has 5 nitrogen and oxygen atoms in total. The molecule has 0 atom stereocenters. The Balaban J connectivity index is 1.58.